The van der Waals surface area contributed by atoms with Gasteiger partial charge in [0.1, 0.15) is 24.7 Å². The second kappa shape index (κ2) is 7.33. The van der Waals surface area contributed by atoms with Gasteiger partial charge in [0, 0.05) is 0 Å². The van der Waals surface area contributed by atoms with Gasteiger partial charge in [0.15, 0.2) is 0 Å². The summed E-state index contributed by atoms with van der Waals surface area (Å²) in [6, 6.07) is 13.4. The third kappa shape index (κ3) is 4.53. The molecular weight excluding hydrogens is 266 g/mol. The lowest BCUT2D eigenvalue weighted by molar-refractivity contribution is 0.216. The molecule has 0 spiro atoms. The van der Waals surface area contributed by atoms with Crippen LogP contribution in [0.15, 0.2) is 47.6 Å². The van der Waals surface area contributed by atoms with Crippen LogP contribution in [0.4, 0.5) is 0 Å². The van der Waals surface area contributed by atoms with E-state index in [0.717, 1.165) is 22.6 Å². The van der Waals surface area contributed by atoms with Gasteiger partial charge in [-0.2, -0.15) is 0 Å². The Balaban J connectivity index is 1.79. The van der Waals surface area contributed by atoms with Crippen LogP contribution < -0.4 is 9.47 Å². The van der Waals surface area contributed by atoms with E-state index in [1.807, 2.05) is 43.3 Å². The van der Waals surface area contributed by atoms with Crippen LogP contribution in [0.25, 0.3) is 0 Å². The topological polar surface area (TPSA) is 51.0 Å². The maximum Gasteiger partial charge on any atom is 0.122 e. The van der Waals surface area contributed by atoms with E-state index in [-0.39, 0.29) is 0 Å². The molecule has 2 aromatic rings. The van der Waals surface area contributed by atoms with Gasteiger partial charge in [0.25, 0.3) is 0 Å². The first-order valence-electron chi connectivity index (χ1n) is 6.79. The molecule has 0 aliphatic heterocycles. The van der Waals surface area contributed by atoms with Gasteiger partial charge < -0.3 is 14.7 Å². The summed E-state index contributed by atoms with van der Waals surface area (Å²) in [5.41, 5.74) is 3.17. The maximum absolute atomic E-state index is 8.43. The summed E-state index contributed by atoms with van der Waals surface area (Å²) in [7, 11) is 0. The lowest BCUT2D eigenvalue weighted by Gasteiger charge is -2.11. The van der Waals surface area contributed by atoms with E-state index in [2.05, 4.69) is 18.1 Å². The van der Waals surface area contributed by atoms with Crippen molar-refractivity contribution in [2.75, 3.05) is 13.2 Å². The number of benzene rings is 2. The van der Waals surface area contributed by atoms with Gasteiger partial charge in [-0.05, 0) is 55.3 Å². The Morgan fingerprint density at radius 1 is 1.00 bits per heavy atom. The van der Waals surface area contributed by atoms with Crippen LogP contribution in [-0.4, -0.2) is 24.6 Å². The van der Waals surface area contributed by atoms with E-state index in [9.17, 15) is 0 Å². The monoisotopic (exact) mass is 285 g/mol. The predicted molar refractivity (Wildman–Crippen MR) is 82.7 cm³/mol. The van der Waals surface area contributed by atoms with Crippen molar-refractivity contribution in [1.29, 1.82) is 0 Å². The fourth-order valence-electron chi connectivity index (χ4n) is 1.99. The molecule has 0 radical (unpaired) electrons. The van der Waals surface area contributed by atoms with E-state index in [1.165, 1.54) is 11.8 Å². The molecule has 110 valence electrons. The van der Waals surface area contributed by atoms with E-state index in [4.69, 9.17) is 14.7 Å². The summed E-state index contributed by atoms with van der Waals surface area (Å²) in [6.45, 7) is 5.06. The van der Waals surface area contributed by atoms with Crippen LogP contribution in [-0.2, 0) is 0 Å². The summed E-state index contributed by atoms with van der Waals surface area (Å²) < 4.78 is 11.3. The largest absolute Gasteiger partial charge is 0.490 e. The molecule has 0 fully saturated rings. The van der Waals surface area contributed by atoms with Crippen LogP contribution in [0.3, 0.4) is 0 Å². The number of aryl methyl sites for hydroxylation is 2. The van der Waals surface area contributed by atoms with Crippen molar-refractivity contribution in [3.63, 3.8) is 0 Å². The fraction of sp³-hybridized carbons (Fsp3) is 0.235. The molecule has 0 aliphatic carbocycles. The molecule has 0 amide bonds. The third-order valence-corrected chi connectivity index (χ3v) is 3.03. The molecule has 0 aromatic heterocycles. The van der Waals surface area contributed by atoms with Gasteiger partial charge in [-0.15, -0.1) is 0 Å². The normalized spacial score (nSPS) is 10.8. The molecule has 2 rings (SSSR count). The van der Waals surface area contributed by atoms with Gasteiger partial charge >= 0.3 is 0 Å². The van der Waals surface area contributed by atoms with Gasteiger partial charge in [-0.3, -0.25) is 0 Å². The van der Waals surface area contributed by atoms with Gasteiger partial charge in [0.2, 0.25) is 0 Å². The molecule has 0 atom stereocenters. The van der Waals surface area contributed by atoms with Gasteiger partial charge in [0.05, 0.1) is 6.21 Å². The minimum atomic E-state index is 0.473. The Kier molecular flexibility index (Phi) is 5.21. The predicted octanol–water partition coefficient (Wildman–Crippen LogP) is 3.57. The van der Waals surface area contributed by atoms with Crippen molar-refractivity contribution >= 4 is 6.21 Å². The van der Waals surface area contributed by atoms with Crippen molar-refractivity contribution in [1.82, 2.24) is 0 Å². The first kappa shape index (κ1) is 14.9. The molecular formula is C17H19NO3. The maximum atomic E-state index is 8.43. The average Bonchev–Trinajstić information content (AvgIpc) is 2.47. The Bertz CT molecular complexity index is 606. The van der Waals surface area contributed by atoms with Crippen molar-refractivity contribution < 1.29 is 14.7 Å². The molecule has 2 aromatic carbocycles. The number of ether oxygens (including phenoxy) is 2. The summed E-state index contributed by atoms with van der Waals surface area (Å²) in [6.07, 6.45) is 1.37. The van der Waals surface area contributed by atoms with Crippen molar-refractivity contribution in [3.8, 4) is 11.5 Å². The van der Waals surface area contributed by atoms with E-state index in [0.29, 0.717) is 13.2 Å². The molecule has 0 aliphatic rings. The quantitative estimate of drug-likeness (QED) is 0.382. The fourth-order valence-corrected chi connectivity index (χ4v) is 1.99. The number of rotatable bonds is 6. The van der Waals surface area contributed by atoms with E-state index >= 15 is 0 Å². The summed E-state index contributed by atoms with van der Waals surface area (Å²) in [4.78, 5) is 0. The van der Waals surface area contributed by atoms with Gasteiger partial charge in [-0.25, -0.2) is 0 Å². The zero-order chi connectivity index (χ0) is 15.1. The number of oxime groups is 1. The SMILES string of the molecule is Cc1ccc(OCCOc2ccc(C=NO)cc2)c(C)c1. The minimum Gasteiger partial charge on any atom is -0.490 e. The smallest absolute Gasteiger partial charge is 0.122 e. The van der Waals surface area contributed by atoms with Crippen LogP contribution in [0.2, 0.25) is 0 Å². The summed E-state index contributed by atoms with van der Waals surface area (Å²) in [5.74, 6) is 1.65. The number of hydrogen-bond donors (Lipinski definition) is 1. The minimum absolute atomic E-state index is 0.473. The molecule has 0 saturated carbocycles. The van der Waals surface area contributed by atoms with Crippen LogP contribution in [0, 0.1) is 13.8 Å². The van der Waals surface area contributed by atoms with Crippen molar-refractivity contribution in [2.24, 2.45) is 5.16 Å². The van der Waals surface area contributed by atoms with E-state index in [1.54, 1.807) is 0 Å². The highest BCUT2D eigenvalue weighted by Crippen LogP contribution is 2.18. The number of nitrogens with zero attached hydrogens (tertiary/aromatic N) is 1. The number of hydrogen-bond acceptors (Lipinski definition) is 4. The van der Waals surface area contributed by atoms with E-state index < -0.39 is 0 Å². The Labute approximate surface area is 124 Å². The summed E-state index contributed by atoms with van der Waals surface area (Å²) in [5, 5.41) is 11.4. The van der Waals surface area contributed by atoms with Crippen molar-refractivity contribution in [3.05, 3.63) is 59.2 Å². The molecule has 1 N–H and O–H groups in total. The van der Waals surface area contributed by atoms with Crippen molar-refractivity contribution in [2.45, 2.75) is 13.8 Å². The Morgan fingerprint density at radius 2 is 1.71 bits per heavy atom. The molecule has 4 heteroatoms. The lowest BCUT2D eigenvalue weighted by Crippen LogP contribution is -2.09. The molecule has 0 bridgehead atoms. The first-order chi connectivity index (χ1) is 10.2. The Hall–Kier alpha value is -2.49. The lowest BCUT2D eigenvalue weighted by atomic mass is 10.1. The second-order valence-electron chi connectivity index (χ2n) is 4.78. The molecule has 21 heavy (non-hydrogen) atoms. The van der Waals surface area contributed by atoms with Crippen LogP contribution >= 0.6 is 0 Å². The van der Waals surface area contributed by atoms with Crippen LogP contribution in [0.5, 0.6) is 11.5 Å². The third-order valence-electron chi connectivity index (χ3n) is 3.03. The zero-order valence-electron chi connectivity index (χ0n) is 12.2. The highest BCUT2D eigenvalue weighted by molar-refractivity contribution is 5.79. The van der Waals surface area contributed by atoms with Gasteiger partial charge in [-0.1, -0.05) is 22.9 Å². The Morgan fingerprint density at radius 3 is 2.38 bits per heavy atom. The molecule has 0 heterocycles. The average molecular weight is 285 g/mol. The van der Waals surface area contributed by atoms with Crippen LogP contribution in [0.1, 0.15) is 16.7 Å². The molecule has 0 unspecified atom stereocenters. The second-order valence-corrected chi connectivity index (χ2v) is 4.78. The highest BCUT2D eigenvalue weighted by atomic mass is 16.5. The molecule has 0 saturated heterocycles. The zero-order valence-corrected chi connectivity index (χ0v) is 12.2. The summed E-state index contributed by atoms with van der Waals surface area (Å²) >= 11 is 0. The highest BCUT2D eigenvalue weighted by Gasteiger charge is 2.00. The first-order valence-corrected chi connectivity index (χ1v) is 6.79. The molecule has 4 nitrogen and oxygen atoms in total. The standard InChI is InChI=1S/C17H19NO3/c1-13-3-8-17(14(2)11-13)21-10-9-20-16-6-4-15(5-7-16)12-18-19/h3-8,11-12,19H,9-10H2,1-2H3.